The van der Waals surface area contributed by atoms with Crippen molar-refractivity contribution in [2.75, 3.05) is 6.61 Å². The quantitative estimate of drug-likeness (QED) is 0.552. The van der Waals surface area contributed by atoms with Crippen LogP contribution in [0.5, 0.6) is 0 Å². The fourth-order valence-corrected chi connectivity index (χ4v) is 1.78. The highest BCUT2D eigenvalue weighted by atomic mass is 16.5. The zero-order valence-corrected chi connectivity index (χ0v) is 11.3. The molecule has 0 aromatic heterocycles. The first-order valence-corrected chi connectivity index (χ1v) is 6.17. The molecule has 0 amide bonds. The molecule has 0 aliphatic rings. The second-order valence-corrected chi connectivity index (χ2v) is 5.31. The Hall–Kier alpha value is -1.06. The highest BCUT2D eigenvalue weighted by Gasteiger charge is 2.30. The van der Waals surface area contributed by atoms with E-state index in [0.29, 0.717) is 25.9 Å². The van der Waals surface area contributed by atoms with Crippen LogP contribution >= 0.6 is 0 Å². The Kier molecular flexibility index (Phi) is 6.85. The fraction of sp³-hybridized carbons (Fsp3) is 0.846. The van der Waals surface area contributed by atoms with Gasteiger partial charge in [0.25, 0.3) is 0 Å². The number of hydrogen-bond donors (Lipinski definition) is 1. The van der Waals surface area contributed by atoms with Crippen LogP contribution in [0.1, 0.15) is 53.4 Å². The lowest BCUT2D eigenvalue weighted by atomic mass is 9.78. The number of carboxylic acids is 1. The predicted molar refractivity (Wildman–Crippen MR) is 65.7 cm³/mol. The van der Waals surface area contributed by atoms with Crippen LogP contribution in [-0.2, 0) is 14.3 Å². The van der Waals surface area contributed by atoms with Crippen molar-refractivity contribution >= 4 is 11.9 Å². The summed E-state index contributed by atoms with van der Waals surface area (Å²) >= 11 is 0. The molecule has 0 spiro atoms. The van der Waals surface area contributed by atoms with Crippen LogP contribution in [0.15, 0.2) is 0 Å². The standard InChI is InChI=1S/C13H24O4/c1-5-17-11(14)9-7-6-8-10(12(15)16)13(2,3)4/h10H,5-9H2,1-4H3,(H,15,16). The number of unbranched alkanes of at least 4 members (excludes halogenated alkanes) is 1. The van der Waals surface area contributed by atoms with Gasteiger partial charge in [0.1, 0.15) is 0 Å². The van der Waals surface area contributed by atoms with Crippen molar-refractivity contribution in [1.82, 2.24) is 0 Å². The van der Waals surface area contributed by atoms with Gasteiger partial charge in [-0.3, -0.25) is 9.59 Å². The Morgan fingerprint density at radius 2 is 1.82 bits per heavy atom. The van der Waals surface area contributed by atoms with Gasteiger partial charge in [-0.25, -0.2) is 0 Å². The largest absolute Gasteiger partial charge is 0.481 e. The maximum Gasteiger partial charge on any atom is 0.307 e. The molecule has 0 heterocycles. The lowest BCUT2D eigenvalue weighted by Gasteiger charge is -2.26. The number of rotatable bonds is 7. The van der Waals surface area contributed by atoms with Crippen LogP contribution in [0.2, 0.25) is 0 Å². The van der Waals surface area contributed by atoms with Crippen LogP contribution in [0.3, 0.4) is 0 Å². The lowest BCUT2D eigenvalue weighted by molar-refractivity contribution is -0.145. The minimum atomic E-state index is -0.756. The average molecular weight is 244 g/mol. The summed E-state index contributed by atoms with van der Waals surface area (Å²) in [6.07, 6.45) is 2.42. The van der Waals surface area contributed by atoms with Crippen molar-refractivity contribution in [3.05, 3.63) is 0 Å². The molecular weight excluding hydrogens is 220 g/mol. The topological polar surface area (TPSA) is 63.6 Å². The van der Waals surface area contributed by atoms with Crippen molar-refractivity contribution in [3.63, 3.8) is 0 Å². The Morgan fingerprint density at radius 3 is 2.24 bits per heavy atom. The molecule has 1 unspecified atom stereocenters. The third kappa shape index (κ3) is 6.97. The van der Waals surface area contributed by atoms with Crippen molar-refractivity contribution < 1.29 is 19.4 Å². The van der Waals surface area contributed by atoms with Crippen LogP contribution in [0.4, 0.5) is 0 Å². The highest BCUT2D eigenvalue weighted by molar-refractivity contribution is 5.71. The molecule has 17 heavy (non-hydrogen) atoms. The third-order valence-corrected chi connectivity index (χ3v) is 2.77. The van der Waals surface area contributed by atoms with Crippen molar-refractivity contribution in [2.45, 2.75) is 53.4 Å². The molecular formula is C13H24O4. The molecule has 0 aromatic rings. The maximum absolute atomic E-state index is 11.1. The first-order valence-electron chi connectivity index (χ1n) is 6.17. The SMILES string of the molecule is CCOC(=O)CCCCC(C(=O)O)C(C)(C)C. The Labute approximate surface area is 103 Å². The van der Waals surface area contributed by atoms with E-state index >= 15 is 0 Å². The van der Waals surface area contributed by atoms with Crippen molar-refractivity contribution in [2.24, 2.45) is 11.3 Å². The van der Waals surface area contributed by atoms with Gasteiger partial charge < -0.3 is 9.84 Å². The molecule has 0 aliphatic heterocycles. The number of ether oxygens (including phenoxy) is 1. The smallest absolute Gasteiger partial charge is 0.307 e. The van der Waals surface area contributed by atoms with Crippen molar-refractivity contribution in [1.29, 1.82) is 0 Å². The highest BCUT2D eigenvalue weighted by Crippen LogP contribution is 2.30. The Morgan fingerprint density at radius 1 is 1.24 bits per heavy atom. The van der Waals surface area contributed by atoms with E-state index in [1.54, 1.807) is 6.92 Å². The summed E-state index contributed by atoms with van der Waals surface area (Å²) in [4.78, 5) is 22.2. The number of hydrogen-bond acceptors (Lipinski definition) is 3. The number of carbonyl (C=O) groups is 2. The Balaban J connectivity index is 3.93. The second kappa shape index (κ2) is 7.30. The van der Waals surface area contributed by atoms with Gasteiger partial charge in [0.15, 0.2) is 0 Å². The van der Waals surface area contributed by atoms with E-state index in [1.807, 2.05) is 20.8 Å². The summed E-state index contributed by atoms with van der Waals surface area (Å²) in [6, 6.07) is 0. The molecule has 4 nitrogen and oxygen atoms in total. The third-order valence-electron chi connectivity index (χ3n) is 2.77. The van der Waals surface area contributed by atoms with E-state index in [9.17, 15) is 9.59 Å². The summed E-state index contributed by atoms with van der Waals surface area (Å²) in [5.74, 6) is -1.31. The number of carbonyl (C=O) groups excluding carboxylic acids is 1. The lowest BCUT2D eigenvalue weighted by Crippen LogP contribution is -2.28. The van der Waals surface area contributed by atoms with Crippen LogP contribution in [-0.4, -0.2) is 23.7 Å². The van der Waals surface area contributed by atoms with Gasteiger partial charge in [-0.15, -0.1) is 0 Å². The molecule has 0 aliphatic carbocycles. The minimum Gasteiger partial charge on any atom is -0.481 e. The van der Waals surface area contributed by atoms with E-state index in [4.69, 9.17) is 9.84 Å². The molecule has 0 radical (unpaired) electrons. The first kappa shape index (κ1) is 15.9. The molecule has 4 heteroatoms. The van der Waals surface area contributed by atoms with Crippen LogP contribution in [0, 0.1) is 11.3 Å². The van der Waals surface area contributed by atoms with Crippen LogP contribution < -0.4 is 0 Å². The van der Waals surface area contributed by atoms with Gasteiger partial charge in [-0.2, -0.15) is 0 Å². The van der Waals surface area contributed by atoms with Gasteiger partial charge in [0.2, 0.25) is 0 Å². The fourth-order valence-electron chi connectivity index (χ4n) is 1.78. The predicted octanol–water partition coefficient (Wildman–Crippen LogP) is 2.86. The molecule has 0 saturated carbocycles. The van der Waals surface area contributed by atoms with Gasteiger partial charge in [0.05, 0.1) is 12.5 Å². The number of carboxylic acid groups (broad SMARTS) is 1. The summed E-state index contributed by atoms with van der Waals surface area (Å²) in [5, 5.41) is 9.11. The van der Waals surface area contributed by atoms with Gasteiger partial charge in [-0.1, -0.05) is 27.2 Å². The molecule has 0 saturated heterocycles. The first-order chi connectivity index (χ1) is 7.79. The molecule has 0 rings (SSSR count). The summed E-state index contributed by atoms with van der Waals surface area (Å²) in [7, 11) is 0. The molecule has 1 N–H and O–H groups in total. The van der Waals surface area contributed by atoms with Crippen LogP contribution in [0.25, 0.3) is 0 Å². The van der Waals surface area contributed by atoms with E-state index in [-0.39, 0.29) is 17.3 Å². The second-order valence-electron chi connectivity index (χ2n) is 5.31. The molecule has 100 valence electrons. The van der Waals surface area contributed by atoms with E-state index in [0.717, 1.165) is 6.42 Å². The average Bonchev–Trinajstić information content (AvgIpc) is 2.14. The van der Waals surface area contributed by atoms with E-state index in [1.165, 1.54) is 0 Å². The van der Waals surface area contributed by atoms with Gasteiger partial charge in [-0.05, 0) is 25.2 Å². The molecule has 0 bridgehead atoms. The zero-order chi connectivity index (χ0) is 13.5. The Bertz CT molecular complexity index is 253. The monoisotopic (exact) mass is 244 g/mol. The van der Waals surface area contributed by atoms with Gasteiger partial charge in [0, 0.05) is 6.42 Å². The zero-order valence-electron chi connectivity index (χ0n) is 11.3. The maximum atomic E-state index is 11.1. The summed E-state index contributed by atoms with van der Waals surface area (Å²) < 4.78 is 4.81. The van der Waals surface area contributed by atoms with Gasteiger partial charge >= 0.3 is 11.9 Å². The normalized spacial score (nSPS) is 13.2. The molecule has 0 aromatic carbocycles. The number of esters is 1. The summed E-state index contributed by atoms with van der Waals surface area (Å²) in [5.41, 5.74) is -0.240. The summed E-state index contributed by atoms with van der Waals surface area (Å²) in [6.45, 7) is 7.96. The van der Waals surface area contributed by atoms with E-state index in [2.05, 4.69) is 0 Å². The minimum absolute atomic E-state index is 0.199. The van der Waals surface area contributed by atoms with Crippen molar-refractivity contribution in [3.8, 4) is 0 Å². The van der Waals surface area contributed by atoms with E-state index < -0.39 is 5.97 Å². The number of aliphatic carboxylic acids is 1. The molecule has 0 fully saturated rings. The molecule has 1 atom stereocenters.